The Kier molecular flexibility index (Phi) is 3.66. The SMILES string of the molecule is O[C@H]1CCCC[C@H]1Cc1ccc(Cl)cc1. The van der Waals surface area contributed by atoms with Gasteiger partial charge in [-0.1, -0.05) is 36.6 Å². The maximum atomic E-state index is 9.86. The van der Waals surface area contributed by atoms with Gasteiger partial charge in [-0.3, -0.25) is 0 Å². The van der Waals surface area contributed by atoms with Crippen LogP contribution in [0.3, 0.4) is 0 Å². The minimum absolute atomic E-state index is 0.102. The van der Waals surface area contributed by atoms with E-state index in [4.69, 9.17) is 11.6 Å². The molecule has 0 radical (unpaired) electrons. The Bertz CT molecular complexity index is 307. The van der Waals surface area contributed by atoms with Crippen molar-refractivity contribution in [2.24, 2.45) is 5.92 Å². The third-order valence-electron chi connectivity index (χ3n) is 3.28. The average molecular weight is 225 g/mol. The van der Waals surface area contributed by atoms with E-state index >= 15 is 0 Å². The summed E-state index contributed by atoms with van der Waals surface area (Å²) in [5.41, 5.74) is 1.28. The molecule has 0 amide bonds. The second kappa shape index (κ2) is 5.00. The summed E-state index contributed by atoms with van der Waals surface area (Å²) in [6.45, 7) is 0. The molecule has 0 unspecified atom stereocenters. The molecule has 1 fully saturated rings. The van der Waals surface area contributed by atoms with Gasteiger partial charge < -0.3 is 5.11 Å². The van der Waals surface area contributed by atoms with E-state index in [1.54, 1.807) is 0 Å². The van der Waals surface area contributed by atoms with Gasteiger partial charge in [0.05, 0.1) is 6.10 Å². The monoisotopic (exact) mass is 224 g/mol. The molecule has 1 saturated carbocycles. The first-order valence-electron chi connectivity index (χ1n) is 5.68. The first-order chi connectivity index (χ1) is 7.25. The van der Waals surface area contributed by atoms with Gasteiger partial charge in [0.2, 0.25) is 0 Å². The molecule has 0 saturated heterocycles. The molecule has 1 aliphatic rings. The van der Waals surface area contributed by atoms with Crippen LogP contribution in [0.1, 0.15) is 31.2 Å². The van der Waals surface area contributed by atoms with Crippen molar-refractivity contribution in [2.75, 3.05) is 0 Å². The maximum absolute atomic E-state index is 9.86. The van der Waals surface area contributed by atoms with Crippen LogP contribution in [0.15, 0.2) is 24.3 Å². The molecule has 2 rings (SSSR count). The van der Waals surface area contributed by atoms with Gasteiger partial charge in [0, 0.05) is 5.02 Å². The maximum Gasteiger partial charge on any atom is 0.0571 e. The van der Waals surface area contributed by atoms with Crippen LogP contribution in [0.5, 0.6) is 0 Å². The van der Waals surface area contributed by atoms with Crippen LogP contribution >= 0.6 is 11.6 Å². The molecule has 2 heteroatoms. The van der Waals surface area contributed by atoms with E-state index < -0.39 is 0 Å². The highest BCUT2D eigenvalue weighted by molar-refractivity contribution is 6.30. The number of rotatable bonds is 2. The molecule has 2 atom stereocenters. The van der Waals surface area contributed by atoms with Crippen LogP contribution < -0.4 is 0 Å². The Balaban J connectivity index is 1.98. The zero-order valence-electron chi connectivity index (χ0n) is 8.82. The summed E-state index contributed by atoms with van der Waals surface area (Å²) in [6, 6.07) is 7.96. The van der Waals surface area contributed by atoms with Crippen molar-refractivity contribution in [3.05, 3.63) is 34.9 Å². The summed E-state index contributed by atoms with van der Waals surface area (Å²) in [4.78, 5) is 0. The molecule has 0 heterocycles. The number of halogens is 1. The predicted molar refractivity (Wildman–Crippen MR) is 63.1 cm³/mol. The Labute approximate surface area is 96.1 Å². The number of aliphatic hydroxyl groups excluding tert-OH is 1. The van der Waals surface area contributed by atoms with Gasteiger partial charge in [-0.05, 0) is 42.9 Å². The van der Waals surface area contributed by atoms with Crippen LogP contribution in [-0.4, -0.2) is 11.2 Å². The summed E-state index contributed by atoms with van der Waals surface area (Å²) >= 11 is 5.83. The van der Waals surface area contributed by atoms with E-state index in [9.17, 15) is 5.11 Å². The number of hydrogen-bond donors (Lipinski definition) is 1. The normalized spacial score (nSPS) is 26.5. The van der Waals surface area contributed by atoms with Crippen LogP contribution in [-0.2, 0) is 6.42 Å². The van der Waals surface area contributed by atoms with Gasteiger partial charge in [-0.2, -0.15) is 0 Å². The van der Waals surface area contributed by atoms with Crippen molar-refractivity contribution < 1.29 is 5.11 Å². The van der Waals surface area contributed by atoms with Gasteiger partial charge in [0.1, 0.15) is 0 Å². The van der Waals surface area contributed by atoms with Gasteiger partial charge in [-0.25, -0.2) is 0 Å². The summed E-state index contributed by atoms with van der Waals surface area (Å²) in [6.07, 6.45) is 5.45. The predicted octanol–water partition coefficient (Wildman–Crippen LogP) is 3.43. The van der Waals surface area contributed by atoms with Crippen LogP contribution in [0.4, 0.5) is 0 Å². The third-order valence-corrected chi connectivity index (χ3v) is 3.53. The van der Waals surface area contributed by atoms with E-state index in [2.05, 4.69) is 12.1 Å². The second-order valence-corrected chi connectivity index (χ2v) is 4.88. The fraction of sp³-hybridized carbons (Fsp3) is 0.538. The van der Waals surface area contributed by atoms with Gasteiger partial charge in [-0.15, -0.1) is 0 Å². The summed E-state index contributed by atoms with van der Waals surface area (Å²) in [5, 5.41) is 10.6. The van der Waals surface area contributed by atoms with Crippen molar-refractivity contribution in [1.82, 2.24) is 0 Å². The lowest BCUT2D eigenvalue weighted by Crippen LogP contribution is -2.26. The van der Waals surface area contributed by atoms with Gasteiger partial charge in [0.15, 0.2) is 0 Å². The number of aliphatic hydroxyl groups is 1. The van der Waals surface area contributed by atoms with Crippen LogP contribution in [0.25, 0.3) is 0 Å². The Morgan fingerprint density at radius 1 is 1.13 bits per heavy atom. The van der Waals surface area contributed by atoms with E-state index in [1.807, 2.05) is 12.1 Å². The zero-order valence-corrected chi connectivity index (χ0v) is 9.58. The van der Waals surface area contributed by atoms with Crippen LogP contribution in [0, 0.1) is 5.92 Å². The quantitative estimate of drug-likeness (QED) is 0.816. The van der Waals surface area contributed by atoms with Crippen molar-refractivity contribution in [3.8, 4) is 0 Å². The van der Waals surface area contributed by atoms with E-state index in [0.29, 0.717) is 5.92 Å². The van der Waals surface area contributed by atoms with Crippen molar-refractivity contribution in [1.29, 1.82) is 0 Å². The highest BCUT2D eigenvalue weighted by Gasteiger charge is 2.22. The second-order valence-electron chi connectivity index (χ2n) is 4.44. The summed E-state index contributed by atoms with van der Waals surface area (Å²) < 4.78 is 0. The van der Waals surface area contributed by atoms with Crippen molar-refractivity contribution in [2.45, 2.75) is 38.2 Å². The topological polar surface area (TPSA) is 20.2 Å². The lowest BCUT2D eigenvalue weighted by atomic mass is 9.82. The molecular weight excluding hydrogens is 208 g/mol. The standard InChI is InChI=1S/C13H17ClO/c14-12-7-5-10(6-8-12)9-11-3-1-2-4-13(11)15/h5-8,11,13,15H,1-4,9H2/t11-,13-/m0/s1. The molecule has 0 spiro atoms. The highest BCUT2D eigenvalue weighted by Crippen LogP contribution is 2.27. The molecule has 1 aromatic carbocycles. The van der Waals surface area contributed by atoms with Gasteiger partial charge >= 0.3 is 0 Å². The fourth-order valence-corrected chi connectivity index (χ4v) is 2.48. The minimum Gasteiger partial charge on any atom is -0.393 e. The van der Waals surface area contributed by atoms with E-state index in [1.165, 1.54) is 18.4 Å². The highest BCUT2D eigenvalue weighted by atomic mass is 35.5. The fourth-order valence-electron chi connectivity index (χ4n) is 2.35. The molecule has 0 aromatic heterocycles. The van der Waals surface area contributed by atoms with Crippen LogP contribution in [0.2, 0.25) is 5.02 Å². The number of hydrogen-bond acceptors (Lipinski definition) is 1. The molecule has 1 aliphatic carbocycles. The molecule has 0 bridgehead atoms. The Hall–Kier alpha value is -0.530. The summed E-state index contributed by atoms with van der Waals surface area (Å²) in [5.74, 6) is 0.444. The molecule has 0 aliphatic heterocycles. The largest absolute Gasteiger partial charge is 0.393 e. The number of benzene rings is 1. The first-order valence-corrected chi connectivity index (χ1v) is 6.06. The Morgan fingerprint density at radius 3 is 2.47 bits per heavy atom. The van der Waals surface area contributed by atoms with E-state index in [0.717, 1.165) is 24.3 Å². The van der Waals surface area contributed by atoms with Crippen molar-refractivity contribution in [3.63, 3.8) is 0 Å². The lowest BCUT2D eigenvalue weighted by Gasteiger charge is -2.27. The average Bonchev–Trinajstić information content (AvgIpc) is 2.25. The molecule has 1 aromatic rings. The molecule has 1 N–H and O–H groups in total. The Morgan fingerprint density at radius 2 is 1.80 bits per heavy atom. The molecular formula is C13H17ClO. The molecule has 82 valence electrons. The molecule has 15 heavy (non-hydrogen) atoms. The lowest BCUT2D eigenvalue weighted by molar-refractivity contribution is 0.0700. The third kappa shape index (κ3) is 2.96. The van der Waals surface area contributed by atoms with E-state index in [-0.39, 0.29) is 6.10 Å². The zero-order chi connectivity index (χ0) is 10.7. The summed E-state index contributed by atoms with van der Waals surface area (Å²) in [7, 11) is 0. The van der Waals surface area contributed by atoms with Gasteiger partial charge in [0.25, 0.3) is 0 Å². The smallest absolute Gasteiger partial charge is 0.0571 e. The minimum atomic E-state index is -0.102. The molecule has 1 nitrogen and oxygen atoms in total. The van der Waals surface area contributed by atoms with Crippen molar-refractivity contribution >= 4 is 11.6 Å². The first kappa shape index (κ1) is 11.0.